The molecule has 0 aliphatic rings. The van der Waals surface area contributed by atoms with Crippen molar-refractivity contribution >= 4 is 19.2 Å². The second-order valence-electron chi connectivity index (χ2n) is 5.03. The number of rotatable bonds is 4. The molecule has 18 heavy (non-hydrogen) atoms. The fourth-order valence-corrected chi connectivity index (χ4v) is 5.30. The van der Waals surface area contributed by atoms with Gasteiger partial charge >= 0.3 is 0 Å². The largest absolute Gasteiger partial charge is 0.131 e. The molecule has 2 aromatic carbocycles. The highest BCUT2D eigenvalue weighted by Gasteiger charge is 2.31. The van der Waals surface area contributed by atoms with Crippen molar-refractivity contribution in [3.63, 3.8) is 0 Å². The van der Waals surface area contributed by atoms with Crippen molar-refractivity contribution < 1.29 is 0 Å². The van der Waals surface area contributed by atoms with Crippen LogP contribution in [0.5, 0.6) is 0 Å². The molecule has 0 heterocycles. The number of hydrogen-bond acceptors (Lipinski definition) is 0. The van der Waals surface area contributed by atoms with Crippen LogP contribution in [0.3, 0.4) is 0 Å². The van der Waals surface area contributed by atoms with Gasteiger partial charge in [0.05, 0.1) is 0 Å². The molecule has 0 spiro atoms. The molecule has 2 aromatic rings. The summed E-state index contributed by atoms with van der Waals surface area (Å²) in [6.45, 7) is 8.60. The Morgan fingerprint density at radius 2 is 1.22 bits per heavy atom. The highest BCUT2D eigenvalue weighted by atomic mass is 28.3. The first kappa shape index (κ1) is 12.8. The molecule has 0 nitrogen and oxygen atoms in total. The number of hydrogen-bond donors (Lipinski definition) is 0. The Morgan fingerprint density at radius 3 is 1.56 bits per heavy atom. The molecular weight excluding hydrogens is 232 g/mol. The van der Waals surface area contributed by atoms with Crippen LogP contribution < -0.4 is 10.4 Å². The maximum absolute atomic E-state index is 4.03. The smallest absolute Gasteiger partial charge is 0.103 e. The van der Waals surface area contributed by atoms with E-state index in [2.05, 4.69) is 87.2 Å². The second kappa shape index (κ2) is 5.36. The summed E-state index contributed by atoms with van der Waals surface area (Å²) in [7, 11) is -0.845. The molecule has 0 aromatic heterocycles. The van der Waals surface area contributed by atoms with Crippen molar-refractivity contribution in [2.45, 2.75) is 18.9 Å². The summed E-state index contributed by atoms with van der Waals surface area (Å²) in [6, 6.07) is 21.6. The van der Waals surface area contributed by atoms with Gasteiger partial charge in [-0.25, -0.2) is 0 Å². The molecule has 0 atom stereocenters. The summed E-state index contributed by atoms with van der Waals surface area (Å²) in [6.07, 6.45) is 2.10. The summed E-state index contributed by atoms with van der Waals surface area (Å²) in [5.41, 5.74) is 0. The van der Waals surface area contributed by atoms with Crippen molar-refractivity contribution in [3.05, 3.63) is 73.3 Å². The molecule has 2 rings (SSSR count). The number of benzene rings is 2. The Bertz CT molecular complexity index is 460. The predicted octanol–water partition coefficient (Wildman–Crippen LogP) is 3.26. The summed E-state index contributed by atoms with van der Waals surface area (Å²) in [5, 5.41) is 3.02. The van der Waals surface area contributed by atoms with E-state index in [0.29, 0.717) is 0 Å². The van der Waals surface area contributed by atoms with Gasteiger partial charge in [-0.05, 0) is 5.04 Å². The third kappa shape index (κ3) is 2.62. The second-order valence-corrected chi connectivity index (χ2v) is 8.23. The molecule has 0 fully saturated rings. The molecule has 91 valence electrons. The standard InChI is InChI=1S/C17H19Si/c1-4-17(2,3)18(15-11-7-5-8-12-15)16-13-9-6-10-14-16/h4-14H,1H2,2-3H3. The van der Waals surface area contributed by atoms with Gasteiger partial charge in [0, 0.05) is 0 Å². The molecule has 1 radical (unpaired) electrons. The molecule has 0 amide bonds. The Labute approximate surface area is 112 Å². The normalized spacial score (nSPS) is 11.5. The van der Waals surface area contributed by atoms with Gasteiger partial charge in [-0.2, -0.15) is 0 Å². The lowest BCUT2D eigenvalue weighted by Gasteiger charge is -2.30. The topological polar surface area (TPSA) is 0 Å². The van der Waals surface area contributed by atoms with E-state index in [1.54, 1.807) is 0 Å². The van der Waals surface area contributed by atoms with E-state index in [0.717, 1.165) is 0 Å². The van der Waals surface area contributed by atoms with Gasteiger partial charge in [0.1, 0.15) is 8.80 Å². The quantitative estimate of drug-likeness (QED) is 0.578. The molecule has 0 saturated carbocycles. The minimum absolute atomic E-state index is 0.132. The van der Waals surface area contributed by atoms with E-state index in [4.69, 9.17) is 0 Å². The van der Waals surface area contributed by atoms with E-state index in [1.165, 1.54) is 10.4 Å². The first-order valence-corrected chi connectivity index (χ1v) is 7.77. The van der Waals surface area contributed by atoms with Crippen molar-refractivity contribution in [2.24, 2.45) is 0 Å². The third-order valence-electron chi connectivity index (χ3n) is 3.28. The summed E-state index contributed by atoms with van der Waals surface area (Å²) < 4.78 is 0. The van der Waals surface area contributed by atoms with Gasteiger partial charge in [0.15, 0.2) is 0 Å². The van der Waals surface area contributed by atoms with Gasteiger partial charge in [-0.3, -0.25) is 0 Å². The lowest BCUT2D eigenvalue weighted by molar-refractivity contribution is 0.845. The molecule has 0 aliphatic heterocycles. The van der Waals surface area contributed by atoms with Gasteiger partial charge in [-0.15, -0.1) is 6.58 Å². The van der Waals surface area contributed by atoms with Gasteiger partial charge < -0.3 is 0 Å². The lowest BCUT2D eigenvalue weighted by atomic mass is 10.2. The van der Waals surface area contributed by atoms with Crippen molar-refractivity contribution in [1.29, 1.82) is 0 Å². The molecule has 0 unspecified atom stereocenters. The Hall–Kier alpha value is -1.60. The maximum Gasteiger partial charge on any atom is 0.131 e. The van der Waals surface area contributed by atoms with Crippen LogP contribution in [0.4, 0.5) is 0 Å². The molecule has 1 heteroatoms. The van der Waals surface area contributed by atoms with Crippen LogP contribution in [-0.2, 0) is 0 Å². The van der Waals surface area contributed by atoms with Crippen molar-refractivity contribution in [1.82, 2.24) is 0 Å². The van der Waals surface area contributed by atoms with Gasteiger partial charge in [-0.1, -0.05) is 91.0 Å². The van der Waals surface area contributed by atoms with Crippen LogP contribution in [0.1, 0.15) is 13.8 Å². The van der Waals surface area contributed by atoms with E-state index in [-0.39, 0.29) is 5.04 Å². The zero-order chi connectivity index (χ0) is 13.0. The summed E-state index contributed by atoms with van der Waals surface area (Å²) >= 11 is 0. The minimum Gasteiger partial charge on any atom is -0.103 e. The predicted molar refractivity (Wildman–Crippen MR) is 82.1 cm³/mol. The van der Waals surface area contributed by atoms with Crippen LogP contribution in [0.2, 0.25) is 5.04 Å². The molecule has 0 N–H and O–H groups in total. The van der Waals surface area contributed by atoms with Crippen molar-refractivity contribution in [3.8, 4) is 0 Å². The fraction of sp³-hybridized carbons (Fsp3) is 0.176. The van der Waals surface area contributed by atoms with Crippen LogP contribution in [0, 0.1) is 0 Å². The van der Waals surface area contributed by atoms with Crippen molar-refractivity contribution in [2.75, 3.05) is 0 Å². The average molecular weight is 251 g/mol. The van der Waals surface area contributed by atoms with Gasteiger partial charge in [0.25, 0.3) is 0 Å². The summed E-state index contributed by atoms with van der Waals surface area (Å²) in [4.78, 5) is 0. The number of allylic oxidation sites excluding steroid dienone is 1. The zero-order valence-corrected chi connectivity index (χ0v) is 12.1. The Kier molecular flexibility index (Phi) is 3.83. The highest BCUT2D eigenvalue weighted by Crippen LogP contribution is 2.29. The first-order valence-electron chi connectivity index (χ1n) is 6.27. The third-order valence-corrected chi connectivity index (χ3v) is 6.59. The van der Waals surface area contributed by atoms with E-state index in [1.807, 2.05) is 0 Å². The highest BCUT2D eigenvalue weighted by molar-refractivity contribution is 6.87. The van der Waals surface area contributed by atoms with E-state index >= 15 is 0 Å². The average Bonchev–Trinajstić information content (AvgIpc) is 2.41. The monoisotopic (exact) mass is 251 g/mol. The van der Waals surface area contributed by atoms with E-state index in [9.17, 15) is 0 Å². The SMILES string of the molecule is C=CC(C)(C)[Si](c1ccccc1)c1ccccc1. The summed E-state index contributed by atoms with van der Waals surface area (Å²) in [5.74, 6) is 0. The Morgan fingerprint density at radius 1 is 0.833 bits per heavy atom. The minimum atomic E-state index is -0.845. The Balaban J connectivity index is 2.52. The zero-order valence-electron chi connectivity index (χ0n) is 11.1. The maximum atomic E-state index is 4.03. The van der Waals surface area contributed by atoms with E-state index < -0.39 is 8.80 Å². The van der Waals surface area contributed by atoms with Crippen LogP contribution in [0.15, 0.2) is 73.3 Å². The fourth-order valence-electron chi connectivity index (χ4n) is 2.22. The van der Waals surface area contributed by atoms with Crippen LogP contribution >= 0.6 is 0 Å². The van der Waals surface area contributed by atoms with Crippen LogP contribution in [-0.4, -0.2) is 8.80 Å². The lowest BCUT2D eigenvalue weighted by Crippen LogP contribution is -2.49. The molecule has 0 saturated heterocycles. The molecule has 0 bridgehead atoms. The van der Waals surface area contributed by atoms with Gasteiger partial charge in [0.2, 0.25) is 0 Å². The molecule has 0 aliphatic carbocycles. The molecular formula is C17H19Si. The first-order chi connectivity index (χ1) is 8.65. The van der Waals surface area contributed by atoms with Crippen LogP contribution in [0.25, 0.3) is 0 Å².